The maximum atomic E-state index is 13.8. The van der Waals surface area contributed by atoms with Crippen LogP contribution in [0.3, 0.4) is 0 Å². The number of hydrogen-bond acceptors (Lipinski definition) is 5. The molecule has 3 aromatic rings. The van der Waals surface area contributed by atoms with Gasteiger partial charge in [0.15, 0.2) is 0 Å². The summed E-state index contributed by atoms with van der Waals surface area (Å²) in [6.07, 6.45) is 1.28. The van der Waals surface area contributed by atoms with Crippen LogP contribution in [0.15, 0.2) is 78.9 Å². The van der Waals surface area contributed by atoms with Gasteiger partial charge in [-0.25, -0.2) is 8.42 Å². The smallest absolute Gasteiger partial charge is 0.244 e. The molecular formula is C27H30ClN3O5S. The van der Waals surface area contributed by atoms with Gasteiger partial charge in [0.25, 0.3) is 0 Å². The molecule has 8 nitrogen and oxygen atoms in total. The lowest BCUT2D eigenvalue weighted by Gasteiger charge is -2.33. The fraction of sp³-hybridized carbons (Fsp3) is 0.259. The predicted octanol–water partition coefficient (Wildman–Crippen LogP) is 3.50. The highest BCUT2D eigenvalue weighted by atomic mass is 35.5. The maximum absolute atomic E-state index is 13.8. The average Bonchev–Trinajstić information content (AvgIpc) is 2.89. The van der Waals surface area contributed by atoms with E-state index in [-0.39, 0.29) is 24.6 Å². The van der Waals surface area contributed by atoms with Gasteiger partial charge in [0.05, 0.1) is 19.1 Å². The van der Waals surface area contributed by atoms with Gasteiger partial charge in [-0.3, -0.25) is 13.9 Å². The summed E-state index contributed by atoms with van der Waals surface area (Å²) in [6, 6.07) is 21.8. The first-order valence-corrected chi connectivity index (χ1v) is 13.8. The highest BCUT2D eigenvalue weighted by Crippen LogP contribution is 2.24. The Morgan fingerprint density at radius 2 is 1.65 bits per heavy atom. The minimum absolute atomic E-state index is 0.0800. The van der Waals surface area contributed by atoms with Crippen molar-refractivity contribution < 1.29 is 22.7 Å². The Hall–Kier alpha value is -3.56. The number of anilines is 1. The summed E-state index contributed by atoms with van der Waals surface area (Å²) in [7, 11) is -0.871. The van der Waals surface area contributed by atoms with Gasteiger partial charge in [-0.05, 0) is 35.4 Å². The molecule has 0 radical (unpaired) electrons. The first-order valence-electron chi connectivity index (χ1n) is 11.5. The largest absolute Gasteiger partial charge is 0.497 e. The molecule has 0 aliphatic rings. The van der Waals surface area contributed by atoms with Crippen LogP contribution in [0.1, 0.15) is 11.1 Å². The number of amides is 2. The standard InChI is InChI=1S/C27H30ClN3O5S/c1-29-27(33)25(16-20-8-5-4-6-9-20)30(18-21-12-14-22(28)15-13-21)26(32)19-31(37(3,34)35)23-10-7-11-24(17-23)36-2/h4-15,17,25H,16,18-19H2,1-3H3,(H,29,33)/t25-/m1/s1. The second-order valence-electron chi connectivity index (χ2n) is 8.44. The third-order valence-corrected chi connectivity index (χ3v) is 7.20. The van der Waals surface area contributed by atoms with Gasteiger partial charge in [0.2, 0.25) is 21.8 Å². The van der Waals surface area contributed by atoms with Crippen molar-refractivity contribution in [2.24, 2.45) is 0 Å². The zero-order chi connectivity index (χ0) is 27.0. The molecule has 3 aromatic carbocycles. The number of nitrogens with one attached hydrogen (secondary N) is 1. The molecule has 0 aliphatic carbocycles. The van der Waals surface area contributed by atoms with Crippen LogP contribution in [-0.4, -0.2) is 58.1 Å². The molecular weight excluding hydrogens is 514 g/mol. The molecule has 0 heterocycles. The van der Waals surface area contributed by atoms with E-state index in [9.17, 15) is 18.0 Å². The summed E-state index contributed by atoms with van der Waals surface area (Å²) in [5.41, 5.74) is 1.88. The molecule has 1 N–H and O–H groups in total. The normalized spacial score (nSPS) is 11.9. The molecule has 0 spiro atoms. The first kappa shape index (κ1) is 28.0. The lowest BCUT2D eigenvalue weighted by Crippen LogP contribution is -2.52. The maximum Gasteiger partial charge on any atom is 0.244 e. The number of benzene rings is 3. The Bertz CT molecular complexity index is 1320. The Morgan fingerprint density at radius 1 is 0.973 bits per heavy atom. The second kappa shape index (κ2) is 12.6. The number of likely N-dealkylation sites (N-methyl/N-ethyl adjacent to an activating group) is 1. The van der Waals surface area contributed by atoms with E-state index in [1.54, 1.807) is 42.5 Å². The van der Waals surface area contributed by atoms with Gasteiger partial charge >= 0.3 is 0 Å². The third-order valence-electron chi connectivity index (χ3n) is 5.80. The molecule has 196 valence electrons. The summed E-state index contributed by atoms with van der Waals surface area (Å²) in [6.45, 7) is -0.418. The molecule has 0 aliphatic heterocycles. The summed E-state index contributed by atoms with van der Waals surface area (Å²) in [5, 5.41) is 3.18. The number of ether oxygens (including phenoxy) is 1. The molecule has 0 fully saturated rings. The van der Waals surface area contributed by atoms with Gasteiger partial charge in [0.1, 0.15) is 18.3 Å². The highest BCUT2D eigenvalue weighted by Gasteiger charge is 2.32. The molecule has 0 bridgehead atoms. The topological polar surface area (TPSA) is 96.0 Å². The SMILES string of the molecule is CNC(=O)[C@@H](Cc1ccccc1)N(Cc1ccc(Cl)cc1)C(=O)CN(c1cccc(OC)c1)S(C)(=O)=O. The summed E-state index contributed by atoms with van der Waals surface area (Å²) in [5.74, 6) is -0.449. The van der Waals surface area contributed by atoms with Crippen molar-refractivity contribution in [3.63, 3.8) is 0 Å². The van der Waals surface area contributed by atoms with Crippen molar-refractivity contribution in [3.8, 4) is 5.75 Å². The van der Waals surface area contributed by atoms with Crippen LogP contribution >= 0.6 is 11.6 Å². The van der Waals surface area contributed by atoms with E-state index in [4.69, 9.17) is 16.3 Å². The summed E-state index contributed by atoms with van der Waals surface area (Å²) < 4.78 is 31.8. The van der Waals surface area contributed by atoms with Gasteiger partial charge in [0, 0.05) is 31.1 Å². The zero-order valence-electron chi connectivity index (χ0n) is 20.9. The van der Waals surface area contributed by atoms with E-state index in [1.807, 2.05) is 30.3 Å². The van der Waals surface area contributed by atoms with Crippen LogP contribution < -0.4 is 14.4 Å². The quantitative estimate of drug-likeness (QED) is 0.399. The van der Waals surface area contributed by atoms with Crippen LogP contribution in [-0.2, 0) is 32.6 Å². The monoisotopic (exact) mass is 543 g/mol. The fourth-order valence-corrected chi connectivity index (χ4v) is 4.85. The Kier molecular flexibility index (Phi) is 9.54. The number of carbonyl (C=O) groups is 2. The molecule has 0 unspecified atom stereocenters. The molecule has 3 rings (SSSR count). The zero-order valence-corrected chi connectivity index (χ0v) is 22.5. The molecule has 0 saturated carbocycles. The van der Waals surface area contributed by atoms with Crippen LogP contribution in [0, 0.1) is 0 Å². The highest BCUT2D eigenvalue weighted by molar-refractivity contribution is 7.92. The Labute approximate surface area is 222 Å². The Balaban J connectivity index is 2.02. The third kappa shape index (κ3) is 7.71. The average molecular weight is 544 g/mol. The number of sulfonamides is 1. The Morgan fingerprint density at radius 3 is 2.24 bits per heavy atom. The van der Waals surface area contributed by atoms with E-state index < -0.39 is 28.5 Å². The molecule has 1 atom stereocenters. The van der Waals surface area contributed by atoms with E-state index in [0.717, 1.165) is 21.7 Å². The number of halogens is 1. The van der Waals surface area contributed by atoms with Crippen LogP contribution in [0.25, 0.3) is 0 Å². The van der Waals surface area contributed by atoms with Gasteiger partial charge in [-0.2, -0.15) is 0 Å². The lowest BCUT2D eigenvalue weighted by atomic mass is 10.0. The molecule has 10 heteroatoms. The number of methoxy groups -OCH3 is 1. The second-order valence-corrected chi connectivity index (χ2v) is 10.8. The summed E-state index contributed by atoms with van der Waals surface area (Å²) >= 11 is 6.04. The number of carbonyl (C=O) groups excluding carboxylic acids is 2. The van der Waals surface area contributed by atoms with E-state index in [0.29, 0.717) is 10.8 Å². The van der Waals surface area contributed by atoms with Crippen LogP contribution in [0.5, 0.6) is 5.75 Å². The van der Waals surface area contributed by atoms with Gasteiger partial charge < -0.3 is 15.0 Å². The summed E-state index contributed by atoms with van der Waals surface area (Å²) in [4.78, 5) is 28.3. The van der Waals surface area contributed by atoms with E-state index >= 15 is 0 Å². The molecule has 0 saturated heterocycles. The number of hydrogen-bond donors (Lipinski definition) is 1. The van der Waals surface area contributed by atoms with Crippen molar-refractivity contribution in [3.05, 3.63) is 95.0 Å². The van der Waals surface area contributed by atoms with Gasteiger partial charge in [-0.1, -0.05) is 60.1 Å². The van der Waals surface area contributed by atoms with Crippen molar-refractivity contribution in [2.45, 2.75) is 19.0 Å². The minimum atomic E-state index is -3.85. The molecule has 37 heavy (non-hydrogen) atoms. The van der Waals surface area contributed by atoms with Crippen molar-refractivity contribution in [1.82, 2.24) is 10.2 Å². The fourth-order valence-electron chi connectivity index (χ4n) is 3.89. The number of rotatable bonds is 11. The van der Waals surface area contributed by atoms with E-state index in [2.05, 4.69) is 5.32 Å². The lowest BCUT2D eigenvalue weighted by molar-refractivity contribution is -0.139. The minimum Gasteiger partial charge on any atom is -0.497 e. The van der Waals surface area contributed by atoms with Gasteiger partial charge in [-0.15, -0.1) is 0 Å². The van der Waals surface area contributed by atoms with Crippen molar-refractivity contribution in [2.75, 3.05) is 31.3 Å². The van der Waals surface area contributed by atoms with Crippen molar-refractivity contribution in [1.29, 1.82) is 0 Å². The van der Waals surface area contributed by atoms with E-state index in [1.165, 1.54) is 25.1 Å². The van der Waals surface area contributed by atoms with Crippen molar-refractivity contribution >= 4 is 39.1 Å². The predicted molar refractivity (Wildman–Crippen MR) is 145 cm³/mol. The molecule has 2 amide bonds. The number of nitrogens with zero attached hydrogens (tertiary/aromatic N) is 2. The van der Waals surface area contributed by atoms with Crippen LogP contribution in [0.2, 0.25) is 5.02 Å². The first-order chi connectivity index (χ1) is 17.6. The van der Waals surface area contributed by atoms with Crippen LogP contribution in [0.4, 0.5) is 5.69 Å². The molecule has 0 aromatic heterocycles.